The lowest BCUT2D eigenvalue weighted by molar-refractivity contribution is -0.123. The molecule has 7 heteroatoms. The fourth-order valence-corrected chi connectivity index (χ4v) is 3.25. The monoisotopic (exact) mass is 341 g/mol. The molecule has 1 atom stereocenters. The summed E-state index contributed by atoms with van der Waals surface area (Å²) in [5.41, 5.74) is 7.70. The van der Waals surface area contributed by atoms with Gasteiger partial charge in [-0.2, -0.15) is 5.10 Å². The van der Waals surface area contributed by atoms with Crippen molar-refractivity contribution in [2.24, 2.45) is 5.73 Å². The lowest BCUT2D eigenvalue weighted by atomic mass is 10.1. The van der Waals surface area contributed by atoms with Crippen molar-refractivity contribution < 1.29 is 9.59 Å². The lowest BCUT2D eigenvalue weighted by Crippen LogP contribution is -2.44. The Bertz CT molecular complexity index is 770. The molecular weight excluding hydrogens is 318 g/mol. The average molecular weight is 341 g/mol. The molecule has 1 saturated heterocycles. The molecule has 2 heterocycles. The summed E-state index contributed by atoms with van der Waals surface area (Å²) >= 11 is 0. The van der Waals surface area contributed by atoms with Gasteiger partial charge in [0.25, 0.3) is 0 Å². The number of benzene rings is 1. The highest BCUT2D eigenvalue weighted by molar-refractivity contribution is 5.92. The van der Waals surface area contributed by atoms with Gasteiger partial charge >= 0.3 is 0 Å². The fraction of sp³-hybridized carbons (Fsp3) is 0.389. The number of nitrogens with two attached hydrogens (primary N) is 1. The number of carbonyl (C=O) groups is 2. The third-order valence-corrected chi connectivity index (χ3v) is 4.44. The van der Waals surface area contributed by atoms with Crippen LogP contribution in [-0.4, -0.2) is 45.6 Å². The number of carbonyl (C=O) groups excluding carboxylic acids is 2. The summed E-state index contributed by atoms with van der Waals surface area (Å²) in [6, 6.07) is 9.59. The van der Waals surface area contributed by atoms with Gasteiger partial charge in [0.1, 0.15) is 5.82 Å². The van der Waals surface area contributed by atoms with E-state index in [-0.39, 0.29) is 24.4 Å². The average Bonchev–Trinajstić information content (AvgIpc) is 3.17. The van der Waals surface area contributed by atoms with Gasteiger partial charge in [-0.1, -0.05) is 29.8 Å². The van der Waals surface area contributed by atoms with E-state index in [1.165, 1.54) is 5.56 Å². The molecule has 2 amide bonds. The van der Waals surface area contributed by atoms with Crippen LogP contribution < -0.4 is 11.1 Å². The smallest absolute Gasteiger partial charge is 0.239 e. The third kappa shape index (κ3) is 4.24. The predicted molar refractivity (Wildman–Crippen MR) is 94.9 cm³/mol. The molecule has 1 aromatic carbocycles. The van der Waals surface area contributed by atoms with Crippen LogP contribution in [0.1, 0.15) is 24.0 Å². The van der Waals surface area contributed by atoms with Crippen molar-refractivity contribution in [2.45, 2.75) is 32.4 Å². The Hall–Kier alpha value is -2.67. The van der Waals surface area contributed by atoms with Gasteiger partial charge < -0.3 is 11.1 Å². The number of anilines is 1. The van der Waals surface area contributed by atoms with E-state index in [0.717, 1.165) is 12.0 Å². The molecular formula is C18H23N5O2. The molecule has 3 rings (SSSR count). The van der Waals surface area contributed by atoms with Crippen LogP contribution in [0.5, 0.6) is 0 Å². The summed E-state index contributed by atoms with van der Waals surface area (Å²) in [6.07, 6.45) is 3.26. The Morgan fingerprint density at radius 1 is 1.36 bits per heavy atom. The second-order valence-corrected chi connectivity index (χ2v) is 6.44. The first-order chi connectivity index (χ1) is 12.0. The molecule has 0 spiro atoms. The first-order valence-corrected chi connectivity index (χ1v) is 8.43. The van der Waals surface area contributed by atoms with E-state index in [2.05, 4.69) is 16.5 Å². The Morgan fingerprint density at radius 3 is 2.96 bits per heavy atom. The van der Waals surface area contributed by atoms with E-state index in [4.69, 9.17) is 5.73 Å². The molecule has 0 aliphatic carbocycles. The van der Waals surface area contributed by atoms with Crippen molar-refractivity contribution in [2.75, 3.05) is 18.4 Å². The Kier molecular flexibility index (Phi) is 5.14. The number of hydrogen-bond donors (Lipinski definition) is 2. The molecule has 1 aliphatic heterocycles. The van der Waals surface area contributed by atoms with Crippen molar-refractivity contribution in [3.8, 4) is 0 Å². The molecule has 25 heavy (non-hydrogen) atoms. The lowest BCUT2D eigenvalue weighted by Gasteiger charge is -2.21. The van der Waals surface area contributed by atoms with Gasteiger partial charge in [0.15, 0.2) is 0 Å². The van der Waals surface area contributed by atoms with Gasteiger partial charge in [-0.25, -0.2) is 4.68 Å². The molecule has 0 bridgehead atoms. The molecule has 1 fully saturated rings. The summed E-state index contributed by atoms with van der Waals surface area (Å²) in [4.78, 5) is 25.6. The molecule has 0 radical (unpaired) electrons. The van der Waals surface area contributed by atoms with Crippen molar-refractivity contribution in [3.63, 3.8) is 0 Å². The van der Waals surface area contributed by atoms with E-state index >= 15 is 0 Å². The van der Waals surface area contributed by atoms with Crippen molar-refractivity contribution in [1.29, 1.82) is 0 Å². The number of rotatable bonds is 6. The van der Waals surface area contributed by atoms with Crippen molar-refractivity contribution in [1.82, 2.24) is 14.7 Å². The van der Waals surface area contributed by atoms with E-state index in [1.54, 1.807) is 16.9 Å². The van der Waals surface area contributed by atoms with Crippen LogP contribution in [0, 0.1) is 6.92 Å². The minimum Gasteiger partial charge on any atom is -0.368 e. The van der Waals surface area contributed by atoms with Crippen molar-refractivity contribution in [3.05, 3.63) is 47.7 Å². The molecule has 1 aliphatic rings. The van der Waals surface area contributed by atoms with Crippen LogP contribution in [0.15, 0.2) is 36.5 Å². The maximum Gasteiger partial charge on any atom is 0.239 e. The molecule has 3 N–H and O–H groups in total. The number of nitrogens with one attached hydrogen (secondary N) is 1. The zero-order chi connectivity index (χ0) is 17.8. The van der Waals surface area contributed by atoms with E-state index < -0.39 is 0 Å². The van der Waals surface area contributed by atoms with E-state index in [9.17, 15) is 9.59 Å². The van der Waals surface area contributed by atoms with Crippen LogP contribution in [0.2, 0.25) is 0 Å². The van der Waals surface area contributed by atoms with Crippen LogP contribution >= 0.6 is 0 Å². The summed E-state index contributed by atoms with van der Waals surface area (Å²) in [5, 5.41) is 7.16. The number of amides is 2. The van der Waals surface area contributed by atoms with Crippen LogP contribution in [-0.2, 0) is 16.1 Å². The molecule has 0 saturated carbocycles. The van der Waals surface area contributed by atoms with Gasteiger partial charge in [-0.15, -0.1) is 0 Å². The second-order valence-electron chi connectivity index (χ2n) is 6.44. The molecule has 132 valence electrons. The fourth-order valence-electron chi connectivity index (χ4n) is 3.25. The highest BCUT2D eigenvalue weighted by atomic mass is 16.2. The van der Waals surface area contributed by atoms with Crippen molar-refractivity contribution >= 4 is 17.6 Å². The summed E-state index contributed by atoms with van der Waals surface area (Å²) < 4.78 is 1.75. The van der Waals surface area contributed by atoms with E-state index in [1.807, 2.05) is 30.0 Å². The minimum absolute atomic E-state index is 0.156. The van der Waals surface area contributed by atoms with Crippen LogP contribution in [0.3, 0.4) is 0 Å². The van der Waals surface area contributed by atoms with E-state index in [0.29, 0.717) is 25.3 Å². The Labute approximate surface area is 146 Å². The second kappa shape index (κ2) is 7.48. The standard InChI is InChI=1S/C18H23N5O2/c1-13-4-2-5-14(10-13)11-23-16(7-8-20-23)21-17(24)12-22-9-3-6-15(22)18(19)25/h2,4-5,7-8,10,15H,3,6,9,11-12H2,1H3,(H2,19,25)(H,21,24)/t15-/m0/s1. The van der Waals surface area contributed by atoms with Gasteiger partial charge in [-0.3, -0.25) is 14.5 Å². The topological polar surface area (TPSA) is 93.2 Å². The first kappa shape index (κ1) is 17.2. The highest BCUT2D eigenvalue weighted by Gasteiger charge is 2.30. The maximum atomic E-state index is 12.3. The third-order valence-electron chi connectivity index (χ3n) is 4.44. The summed E-state index contributed by atoms with van der Waals surface area (Å²) in [5.74, 6) is 0.107. The molecule has 1 aromatic heterocycles. The SMILES string of the molecule is Cc1cccc(Cn2nccc2NC(=O)CN2CCC[C@H]2C(N)=O)c1. The van der Waals surface area contributed by atoms with Crippen LogP contribution in [0.4, 0.5) is 5.82 Å². The number of likely N-dealkylation sites (tertiary alicyclic amines) is 1. The van der Waals surface area contributed by atoms with Gasteiger partial charge in [-0.05, 0) is 31.9 Å². The molecule has 7 nitrogen and oxygen atoms in total. The number of nitrogens with zero attached hydrogens (tertiary/aromatic N) is 3. The normalized spacial score (nSPS) is 17.6. The minimum atomic E-state index is -0.366. The number of primary amides is 1. The maximum absolute atomic E-state index is 12.3. The van der Waals surface area contributed by atoms with Crippen LogP contribution in [0.25, 0.3) is 0 Å². The first-order valence-electron chi connectivity index (χ1n) is 8.43. The quantitative estimate of drug-likeness (QED) is 0.823. The zero-order valence-corrected chi connectivity index (χ0v) is 14.3. The summed E-state index contributed by atoms with van der Waals surface area (Å²) in [6.45, 7) is 3.49. The molecule has 0 unspecified atom stereocenters. The Balaban J connectivity index is 1.63. The number of hydrogen-bond acceptors (Lipinski definition) is 4. The largest absolute Gasteiger partial charge is 0.368 e. The predicted octanol–water partition coefficient (Wildman–Crippen LogP) is 1.13. The highest BCUT2D eigenvalue weighted by Crippen LogP contribution is 2.17. The molecule has 2 aromatic rings. The van der Waals surface area contributed by atoms with Gasteiger partial charge in [0.2, 0.25) is 11.8 Å². The summed E-state index contributed by atoms with van der Waals surface area (Å²) in [7, 11) is 0. The zero-order valence-electron chi connectivity index (χ0n) is 14.3. The number of aromatic nitrogens is 2. The Morgan fingerprint density at radius 2 is 2.20 bits per heavy atom. The van der Waals surface area contributed by atoms with Gasteiger partial charge in [0, 0.05) is 6.07 Å². The number of aryl methyl sites for hydroxylation is 1. The van der Waals surface area contributed by atoms with Gasteiger partial charge in [0.05, 0.1) is 25.3 Å².